The minimum absolute atomic E-state index is 0.278. The number of fused-ring (bicyclic) bond motifs is 1. The zero-order chi connectivity index (χ0) is 28.2. The zero-order valence-corrected chi connectivity index (χ0v) is 23.0. The van der Waals surface area contributed by atoms with Gasteiger partial charge in [-0.25, -0.2) is 4.99 Å². The Morgan fingerprint density at radius 3 is 2.22 bits per heavy atom. The van der Waals surface area contributed by atoms with Gasteiger partial charge in [-0.15, -0.1) is 0 Å². The molecule has 0 fully saturated rings. The van der Waals surface area contributed by atoms with Gasteiger partial charge >= 0.3 is 0 Å². The maximum absolute atomic E-state index is 10.2. The zero-order valence-electron chi connectivity index (χ0n) is 23.0. The van der Waals surface area contributed by atoms with Crippen LogP contribution in [-0.2, 0) is 6.61 Å². The fourth-order valence-corrected chi connectivity index (χ4v) is 4.91. The number of aliphatic imine (C=N–C) groups is 1. The summed E-state index contributed by atoms with van der Waals surface area (Å²) in [6.45, 7) is 4.54. The molecule has 0 unspecified atom stereocenters. The van der Waals surface area contributed by atoms with E-state index < -0.39 is 0 Å². The summed E-state index contributed by atoms with van der Waals surface area (Å²) in [6.07, 6.45) is 1.71. The van der Waals surface area contributed by atoms with Gasteiger partial charge in [0.1, 0.15) is 29.7 Å². The van der Waals surface area contributed by atoms with Crippen molar-refractivity contribution in [3.8, 4) is 34.3 Å². The molecule has 198 valence electrons. The van der Waals surface area contributed by atoms with Crippen molar-refractivity contribution in [1.29, 1.82) is 5.26 Å². The number of hydrogen-bond acceptors (Lipinski definition) is 4. The first kappa shape index (κ1) is 25.9. The smallest absolute Gasteiger partial charge is 0.238 e. The SMILES string of the molecule is Cc1ccc(-c2oc(N=Cc3cccc(OCc4cccc5ccccc45)c3)c(C#N)c2-c2ccc(C)cc2)cc1. The largest absolute Gasteiger partial charge is 0.489 e. The van der Waals surface area contributed by atoms with Crippen LogP contribution in [0.1, 0.15) is 27.8 Å². The summed E-state index contributed by atoms with van der Waals surface area (Å²) >= 11 is 0. The fraction of sp³-hybridized carbons (Fsp3) is 0.0811. The fourth-order valence-electron chi connectivity index (χ4n) is 4.91. The van der Waals surface area contributed by atoms with Crippen molar-refractivity contribution in [1.82, 2.24) is 0 Å². The monoisotopic (exact) mass is 532 g/mol. The Morgan fingerprint density at radius 2 is 1.46 bits per heavy atom. The molecule has 0 spiro atoms. The van der Waals surface area contributed by atoms with Crippen LogP contribution in [0, 0.1) is 25.2 Å². The van der Waals surface area contributed by atoms with E-state index in [0.717, 1.165) is 44.7 Å². The molecule has 6 rings (SSSR count). The van der Waals surface area contributed by atoms with Crippen LogP contribution in [-0.4, -0.2) is 6.21 Å². The van der Waals surface area contributed by atoms with E-state index >= 15 is 0 Å². The molecule has 5 aromatic carbocycles. The maximum Gasteiger partial charge on any atom is 0.238 e. The first-order valence-electron chi connectivity index (χ1n) is 13.5. The highest BCUT2D eigenvalue weighted by molar-refractivity contribution is 5.90. The molecule has 0 aliphatic rings. The van der Waals surface area contributed by atoms with Crippen molar-refractivity contribution in [3.63, 3.8) is 0 Å². The molecule has 1 aromatic heterocycles. The van der Waals surface area contributed by atoms with E-state index in [1.54, 1.807) is 6.21 Å². The molecular formula is C37H28N2O2. The van der Waals surface area contributed by atoms with Crippen LogP contribution in [0.15, 0.2) is 125 Å². The Hall–Kier alpha value is -5.40. The van der Waals surface area contributed by atoms with Crippen molar-refractivity contribution in [3.05, 3.63) is 143 Å². The average molecular weight is 533 g/mol. The third-order valence-electron chi connectivity index (χ3n) is 7.12. The molecule has 0 saturated heterocycles. The summed E-state index contributed by atoms with van der Waals surface area (Å²) in [7, 11) is 0. The molecule has 0 aliphatic carbocycles. The maximum atomic E-state index is 10.2. The van der Waals surface area contributed by atoms with Gasteiger partial charge in [-0.3, -0.25) is 0 Å². The van der Waals surface area contributed by atoms with Gasteiger partial charge in [0.25, 0.3) is 0 Å². The van der Waals surface area contributed by atoms with Crippen LogP contribution in [0.2, 0.25) is 0 Å². The van der Waals surface area contributed by atoms with E-state index in [4.69, 9.17) is 9.15 Å². The van der Waals surface area contributed by atoms with Crippen LogP contribution < -0.4 is 4.74 Å². The molecule has 4 nitrogen and oxygen atoms in total. The summed E-state index contributed by atoms with van der Waals surface area (Å²) in [5, 5.41) is 12.6. The number of benzene rings is 5. The lowest BCUT2D eigenvalue weighted by Gasteiger charge is -2.09. The number of hydrogen-bond donors (Lipinski definition) is 0. The number of ether oxygens (including phenoxy) is 1. The lowest BCUT2D eigenvalue weighted by molar-refractivity contribution is 0.307. The summed E-state index contributed by atoms with van der Waals surface area (Å²) in [5.74, 6) is 1.65. The predicted octanol–water partition coefficient (Wildman–Crippen LogP) is 9.58. The minimum atomic E-state index is 0.278. The van der Waals surface area contributed by atoms with Gasteiger partial charge in [0.2, 0.25) is 5.88 Å². The number of nitriles is 1. The molecule has 0 saturated carbocycles. The van der Waals surface area contributed by atoms with Gasteiger partial charge in [0.15, 0.2) is 0 Å². The van der Waals surface area contributed by atoms with Crippen molar-refractivity contribution < 1.29 is 9.15 Å². The standard InChI is InChI=1S/C37H28N2O2/c1-25-13-17-29(18-14-25)35-34(22-38)37(41-36(35)30-19-15-26(2)16-20-30)39-23-27-7-5-11-32(21-27)40-24-31-10-6-9-28-8-3-4-12-33(28)31/h3-21,23H,24H2,1-2H3. The van der Waals surface area contributed by atoms with E-state index in [1.807, 2.05) is 98.8 Å². The van der Waals surface area contributed by atoms with E-state index in [2.05, 4.69) is 41.4 Å². The van der Waals surface area contributed by atoms with Crippen LogP contribution in [0.5, 0.6) is 5.75 Å². The second-order valence-electron chi connectivity index (χ2n) is 10.1. The number of rotatable bonds is 7. The Labute approximate surface area is 239 Å². The minimum Gasteiger partial charge on any atom is -0.489 e. The van der Waals surface area contributed by atoms with Crippen molar-refractivity contribution in [2.75, 3.05) is 0 Å². The summed E-state index contributed by atoms with van der Waals surface area (Å²) in [6, 6.07) is 40.9. The number of aryl methyl sites for hydroxylation is 2. The molecule has 1 heterocycles. The lowest BCUT2D eigenvalue weighted by Crippen LogP contribution is -1.97. The normalized spacial score (nSPS) is 11.1. The average Bonchev–Trinajstić information content (AvgIpc) is 3.38. The Morgan fingerprint density at radius 1 is 0.780 bits per heavy atom. The number of furan rings is 1. The molecule has 0 N–H and O–H groups in total. The molecule has 4 heteroatoms. The van der Waals surface area contributed by atoms with Gasteiger partial charge < -0.3 is 9.15 Å². The van der Waals surface area contributed by atoms with E-state index in [9.17, 15) is 5.26 Å². The molecule has 6 aromatic rings. The van der Waals surface area contributed by atoms with Gasteiger partial charge in [-0.1, -0.05) is 114 Å². The van der Waals surface area contributed by atoms with E-state index in [-0.39, 0.29) is 5.88 Å². The number of nitrogens with zero attached hydrogens (tertiary/aromatic N) is 2. The molecule has 41 heavy (non-hydrogen) atoms. The molecule has 0 bridgehead atoms. The Kier molecular flexibility index (Phi) is 7.17. The predicted molar refractivity (Wildman–Crippen MR) is 166 cm³/mol. The van der Waals surface area contributed by atoms with Crippen molar-refractivity contribution >= 4 is 22.9 Å². The third kappa shape index (κ3) is 5.52. The van der Waals surface area contributed by atoms with Crippen molar-refractivity contribution in [2.45, 2.75) is 20.5 Å². The van der Waals surface area contributed by atoms with Crippen LogP contribution >= 0.6 is 0 Å². The van der Waals surface area contributed by atoms with Gasteiger partial charge in [-0.2, -0.15) is 5.26 Å². The highest BCUT2D eigenvalue weighted by atomic mass is 16.5. The first-order chi connectivity index (χ1) is 20.1. The molecule has 0 aliphatic heterocycles. The van der Waals surface area contributed by atoms with E-state index in [1.165, 1.54) is 10.8 Å². The molecule has 0 radical (unpaired) electrons. The molecule has 0 amide bonds. The second kappa shape index (κ2) is 11.4. The summed E-state index contributed by atoms with van der Waals surface area (Å²) in [5.41, 5.74) is 7.23. The first-order valence-corrected chi connectivity index (χ1v) is 13.5. The molecular weight excluding hydrogens is 504 g/mol. The third-order valence-corrected chi connectivity index (χ3v) is 7.12. The highest BCUT2D eigenvalue weighted by Crippen LogP contribution is 2.42. The van der Waals surface area contributed by atoms with Gasteiger partial charge in [0, 0.05) is 17.3 Å². The van der Waals surface area contributed by atoms with Gasteiger partial charge in [-0.05, 0) is 53.4 Å². The van der Waals surface area contributed by atoms with E-state index in [0.29, 0.717) is 17.9 Å². The van der Waals surface area contributed by atoms with Crippen LogP contribution in [0.3, 0.4) is 0 Å². The van der Waals surface area contributed by atoms with Gasteiger partial charge in [0.05, 0.1) is 0 Å². The summed E-state index contributed by atoms with van der Waals surface area (Å²) < 4.78 is 12.5. The topological polar surface area (TPSA) is 58.5 Å². The Bertz CT molecular complexity index is 1900. The van der Waals surface area contributed by atoms with Crippen LogP contribution in [0.25, 0.3) is 33.2 Å². The summed E-state index contributed by atoms with van der Waals surface area (Å²) in [4.78, 5) is 4.65. The van der Waals surface area contributed by atoms with Crippen LogP contribution in [0.4, 0.5) is 5.88 Å². The second-order valence-corrected chi connectivity index (χ2v) is 10.1. The van der Waals surface area contributed by atoms with Crippen molar-refractivity contribution in [2.24, 2.45) is 4.99 Å². The quantitative estimate of drug-likeness (QED) is 0.192. The highest BCUT2D eigenvalue weighted by Gasteiger charge is 2.22. The lowest BCUT2D eigenvalue weighted by atomic mass is 9.97. The molecule has 0 atom stereocenters. The Balaban J connectivity index is 1.31.